The summed E-state index contributed by atoms with van der Waals surface area (Å²) in [5.74, 6) is 0.552. The number of aliphatic hydroxyl groups is 1. The first-order chi connectivity index (χ1) is 5.93. The molecule has 1 rings (SSSR count). The second kappa shape index (κ2) is 3.66. The van der Waals surface area contributed by atoms with E-state index in [9.17, 15) is 9.90 Å². The number of carbonyl (C=O) groups excluding carboxylic acids is 1. The van der Waals surface area contributed by atoms with E-state index in [1.165, 1.54) is 0 Å². The Morgan fingerprint density at radius 3 is 2.62 bits per heavy atom. The molecule has 0 radical (unpaired) electrons. The van der Waals surface area contributed by atoms with Gasteiger partial charge in [-0.05, 0) is 18.8 Å². The van der Waals surface area contributed by atoms with E-state index in [1.807, 2.05) is 0 Å². The van der Waals surface area contributed by atoms with Crippen molar-refractivity contribution in [2.45, 2.75) is 39.2 Å². The second-order valence-electron chi connectivity index (χ2n) is 4.51. The van der Waals surface area contributed by atoms with Gasteiger partial charge in [-0.2, -0.15) is 0 Å². The number of hydrogen-bond acceptors (Lipinski definition) is 2. The van der Waals surface area contributed by atoms with Crippen LogP contribution < -0.4 is 0 Å². The van der Waals surface area contributed by atoms with Gasteiger partial charge in [0.05, 0.1) is 5.60 Å². The predicted octanol–water partition coefficient (Wildman–Crippen LogP) is 1.02. The molecule has 0 aromatic rings. The molecule has 1 heterocycles. The molecule has 1 N–H and O–H groups in total. The zero-order chi connectivity index (χ0) is 10.1. The first kappa shape index (κ1) is 10.5. The molecule has 0 aromatic heterocycles. The highest BCUT2D eigenvalue weighted by atomic mass is 16.3. The minimum Gasteiger partial charge on any atom is -0.388 e. The van der Waals surface area contributed by atoms with Crippen molar-refractivity contribution in [3.8, 4) is 0 Å². The standard InChI is InChI=1S/C10H19NO2/c1-8(2)6-10(13)4-5-11(7-10)9(3)12/h8,13H,4-7H2,1-3H3. The number of hydrogen-bond donors (Lipinski definition) is 1. The third kappa shape index (κ3) is 2.69. The van der Waals surface area contributed by atoms with Crippen LogP contribution in [0.1, 0.15) is 33.6 Å². The molecule has 0 bridgehead atoms. The number of likely N-dealkylation sites (tertiary alicyclic amines) is 1. The van der Waals surface area contributed by atoms with Crippen LogP contribution in [0.5, 0.6) is 0 Å². The lowest BCUT2D eigenvalue weighted by molar-refractivity contribution is -0.128. The molecular formula is C10H19NO2. The van der Waals surface area contributed by atoms with E-state index >= 15 is 0 Å². The van der Waals surface area contributed by atoms with Crippen LogP contribution in [0.25, 0.3) is 0 Å². The molecule has 13 heavy (non-hydrogen) atoms. The van der Waals surface area contributed by atoms with Gasteiger partial charge in [0, 0.05) is 20.0 Å². The molecule has 76 valence electrons. The zero-order valence-corrected chi connectivity index (χ0v) is 8.71. The fourth-order valence-corrected chi connectivity index (χ4v) is 2.05. The summed E-state index contributed by atoms with van der Waals surface area (Å²) >= 11 is 0. The number of β-amino-alcohol motifs (C(OH)–C–C–N with tert-alkyl or cyclic N) is 1. The highest BCUT2D eigenvalue weighted by molar-refractivity contribution is 5.73. The Balaban J connectivity index is 2.51. The van der Waals surface area contributed by atoms with Gasteiger partial charge in [0.1, 0.15) is 0 Å². The van der Waals surface area contributed by atoms with Crippen LogP contribution in [0, 0.1) is 5.92 Å². The Hall–Kier alpha value is -0.570. The fraction of sp³-hybridized carbons (Fsp3) is 0.900. The lowest BCUT2D eigenvalue weighted by atomic mass is 9.92. The summed E-state index contributed by atoms with van der Waals surface area (Å²) in [5.41, 5.74) is -0.625. The molecule has 1 fully saturated rings. The number of nitrogens with zero attached hydrogens (tertiary/aromatic N) is 1. The maximum absolute atomic E-state index is 11.0. The van der Waals surface area contributed by atoms with Crippen LogP contribution >= 0.6 is 0 Å². The van der Waals surface area contributed by atoms with Gasteiger partial charge in [0.15, 0.2) is 0 Å². The molecule has 0 aromatic carbocycles. The third-order valence-electron chi connectivity index (χ3n) is 2.57. The van der Waals surface area contributed by atoms with Crippen molar-refractivity contribution in [1.82, 2.24) is 4.90 Å². The van der Waals surface area contributed by atoms with Crippen LogP contribution in [0.3, 0.4) is 0 Å². The molecule has 1 saturated heterocycles. The summed E-state index contributed by atoms with van der Waals surface area (Å²) < 4.78 is 0. The molecule has 3 heteroatoms. The SMILES string of the molecule is CC(=O)N1CCC(O)(CC(C)C)C1. The van der Waals surface area contributed by atoms with Crippen LogP contribution in [0.4, 0.5) is 0 Å². The van der Waals surface area contributed by atoms with Gasteiger partial charge in [0.2, 0.25) is 5.91 Å². The molecule has 1 atom stereocenters. The van der Waals surface area contributed by atoms with E-state index in [-0.39, 0.29) is 5.91 Å². The van der Waals surface area contributed by atoms with Gasteiger partial charge >= 0.3 is 0 Å². The van der Waals surface area contributed by atoms with Crippen molar-refractivity contribution >= 4 is 5.91 Å². The molecule has 0 saturated carbocycles. The summed E-state index contributed by atoms with van der Waals surface area (Å²) in [4.78, 5) is 12.8. The van der Waals surface area contributed by atoms with Gasteiger partial charge in [0.25, 0.3) is 0 Å². The van der Waals surface area contributed by atoms with Gasteiger partial charge in [-0.25, -0.2) is 0 Å². The first-order valence-corrected chi connectivity index (χ1v) is 4.91. The number of amides is 1. The normalized spacial score (nSPS) is 28.5. The Kier molecular flexibility index (Phi) is 2.96. The van der Waals surface area contributed by atoms with Crippen molar-refractivity contribution in [2.24, 2.45) is 5.92 Å². The van der Waals surface area contributed by atoms with Crippen molar-refractivity contribution in [1.29, 1.82) is 0 Å². The van der Waals surface area contributed by atoms with Crippen molar-refractivity contribution < 1.29 is 9.90 Å². The van der Waals surface area contributed by atoms with Crippen molar-refractivity contribution in [3.05, 3.63) is 0 Å². The summed E-state index contributed by atoms with van der Waals surface area (Å²) in [6.07, 6.45) is 1.52. The molecule has 0 spiro atoms. The molecule has 1 unspecified atom stereocenters. The smallest absolute Gasteiger partial charge is 0.219 e. The summed E-state index contributed by atoms with van der Waals surface area (Å²) in [6, 6.07) is 0. The van der Waals surface area contributed by atoms with Gasteiger partial charge in [-0.1, -0.05) is 13.8 Å². The largest absolute Gasteiger partial charge is 0.388 e. The van der Waals surface area contributed by atoms with Gasteiger partial charge in [-0.3, -0.25) is 4.79 Å². The summed E-state index contributed by atoms with van der Waals surface area (Å²) in [7, 11) is 0. The molecule has 1 aliphatic rings. The molecule has 1 amide bonds. The van der Waals surface area contributed by atoms with Crippen molar-refractivity contribution in [3.63, 3.8) is 0 Å². The van der Waals surface area contributed by atoms with Crippen molar-refractivity contribution in [2.75, 3.05) is 13.1 Å². The second-order valence-corrected chi connectivity index (χ2v) is 4.51. The van der Waals surface area contributed by atoms with Gasteiger partial charge in [-0.15, -0.1) is 0 Å². The maximum atomic E-state index is 11.0. The molecular weight excluding hydrogens is 166 g/mol. The molecule has 1 aliphatic heterocycles. The summed E-state index contributed by atoms with van der Waals surface area (Å²) in [6.45, 7) is 6.96. The lowest BCUT2D eigenvalue weighted by Crippen LogP contribution is -2.36. The Labute approximate surface area is 79.7 Å². The quantitative estimate of drug-likeness (QED) is 0.697. The highest BCUT2D eigenvalue weighted by Crippen LogP contribution is 2.27. The van der Waals surface area contributed by atoms with E-state index in [2.05, 4.69) is 13.8 Å². The number of rotatable bonds is 2. The number of carbonyl (C=O) groups is 1. The zero-order valence-electron chi connectivity index (χ0n) is 8.71. The minimum atomic E-state index is -0.625. The average Bonchev–Trinajstić information content (AvgIpc) is 2.29. The van der Waals surface area contributed by atoms with E-state index in [0.717, 1.165) is 12.8 Å². The van der Waals surface area contributed by atoms with Crippen LogP contribution in [-0.4, -0.2) is 34.6 Å². The summed E-state index contributed by atoms with van der Waals surface area (Å²) in [5, 5.41) is 10.1. The topological polar surface area (TPSA) is 40.5 Å². The van der Waals surface area contributed by atoms with E-state index in [4.69, 9.17) is 0 Å². The Bertz CT molecular complexity index is 203. The van der Waals surface area contributed by atoms with E-state index in [1.54, 1.807) is 11.8 Å². The van der Waals surface area contributed by atoms with E-state index < -0.39 is 5.60 Å². The van der Waals surface area contributed by atoms with E-state index in [0.29, 0.717) is 19.0 Å². The predicted molar refractivity (Wildman–Crippen MR) is 51.3 cm³/mol. The monoisotopic (exact) mass is 185 g/mol. The van der Waals surface area contributed by atoms with Crippen LogP contribution in [-0.2, 0) is 4.79 Å². The first-order valence-electron chi connectivity index (χ1n) is 4.91. The highest BCUT2D eigenvalue weighted by Gasteiger charge is 2.37. The van der Waals surface area contributed by atoms with Crippen LogP contribution in [0.2, 0.25) is 0 Å². The Morgan fingerprint density at radius 2 is 2.23 bits per heavy atom. The fourth-order valence-electron chi connectivity index (χ4n) is 2.05. The minimum absolute atomic E-state index is 0.0691. The average molecular weight is 185 g/mol. The van der Waals surface area contributed by atoms with Gasteiger partial charge < -0.3 is 10.0 Å². The molecule has 0 aliphatic carbocycles. The third-order valence-corrected chi connectivity index (χ3v) is 2.57. The Morgan fingerprint density at radius 1 is 1.62 bits per heavy atom. The maximum Gasteiger partial charge on any atom is 0.219 e. The molecule has 3 nitrogen and oxygen atoms in total. The lowest BCUT2D eigenvalue weighted by Gasteiger charge is -2.24. The van der Waals surface area contributed by atoms with Crippen LogP contribution in [0.15, 0.2) is 0 Å².